The van der Waals surface area contributed by atoms with Gasteiger partial charge in [0.25, 0.3) is 5.91 Å². The van der Waals surface area contributed by atoms with E-state index in [-0.39, 0.29) is 29.0 Å². The van der Waals surface area contributed by atoms with Crippen LogP contribution >= 0.6 is 0 Å². The van der Waals surface area contributed by atoms with Crippen molar-refractivity contribution >= 4 is 23.5 Å². The number of para-hydroxylation sites is 2. The molecule has 3 rings (SSSR count). The molecular formula is C20H21N3O5. The number of anilines is 1. The number of nitrogens with zero attached hydrogens (tertiary/aromatic N) is 2. The van der Waals surface area contributed by atoms with Crippen LogP contribution in [0.3, 0.4) is 0 Å². The average Bonchev–Trinajstić information content (AvgIpc) is 2.73. The summed E-state index contributed by atoms with van der Waals surface area (Å²) in [4.78, 5) is 41.6. The van der Waals surface area contributed by atoms with E-state index in [0.717, 1.165) is 0 Å². The van der Waals surface area contributed by atoms with Gasteiger partial charge in [0.15, 0.2) is 0 Å². The topological polar surface area (TPSA) is 109 Å². The Balaban J connectivity index is 1.59. The lowest BCUT2D eigenvalue weighted by Gasteiger charge is -2.31. The number of benzene rings is 1. The van der Waals surface area contributed by atoms with E-state index in [4.69, 9.17) is 9.84 Å². The quantitative estimate of drug-likeness (QED) is 0.820. The van der Waals surface area contributed by atoms with Crippen molar-refractivity contribution < 1.29 is 24.2 Å². The molecule has 1 fully saturated rings. The van der Waals surface area contributed by atoms with Crippen LogP contribution in [0.25, 0.3) is 0 Å². The minimum absolute atomic E-state index is 0.103. The van der Waals surface area contributed by atoms with Gasteiger partial charge >= 0.3 is 5.97 Å². The Morgan fingerprint density at radius 2 is 1.89 bits per heavy atom. The smallest absolute Gasteiger partial charge is 0.354 e. The van der Waals surface area contributed by atoms with E-state index >= 15 is 0 Å². The molecule has 0 aliphatic carbocycles. The van der Waals surface area contributed by atoms with Crippen molar-refractivity contribution in [2.45, 2.75) is 12.8 Å². The molecule has 28 heavy (non-hydrogen) atoms. The lowest BCUT2D eigenvalue weighted by Crippen LogP contribution is -2.41. The molecule has 1 aromatic heterocycles. The van der Waals surface area contributed by atoms with Crippen LogP contribution in [0.15, 0.2) is 42.6 Å². The second-order valence-electron chi connectivity index (χ2n) is 6.49. The number of methoxy groups -OCH3 is 1. The summed E-state index contributed by atoms with van der Waals surface area (Å²) in [5.74, 6) is -1.15. The summed E-state index contributed by atoms with van der Waals surface area (Å²) in [6.45, 7) is 0.848. The predicted molar refractivity (Wildman–Crippen MR) is 101 cm³/mol. The number of rotatable bonds is 5. The number of hydrogen-bond donors (Lipinski definition) is 2. The molecule has 1 aliphatic rings. The van der Waals surface area contributed by atoms with Crippen molar-refractivity contribution in [3.63, 3.8) is 0 Å². The Labute approximate surface area is 162 Å². The summed E-state index contributed by atoms with van der Waals surface area (Å²) in [6, 6.07) is 9.96. The molecule has 1 saturated heterocycles. The molecule has 2 amide bonds. The van der Waals surface area contributed by atoms with Crippen LogP contribution in [-0.4, -0.2) is 53.0 Å². The van der Waals surface area contributed by atoms with Crippen LogP contribution in [0, 0.1) is 5.92 Å². The maximum absolute atomic E-state index is 12.6. The van der Waals surface area contributed by atoms with Gasteiger partial charge in [-0.2, -0.15) is 0 Å². The average molecular weight is 383 g/mol. The van der Waals surface area contributed by atoms with Crippen LogP contribution in [0.4, 0.5) is 5.69 Å². The van der Waals surface area contributed by atoms with E-state index < -0.39 is 5.97 Å². The fraction of sp³-hybridized carbons (Fsp3) is 0.300. The number of piperidine rings is 1. The minimum Gasteiger partial charge on any atom is -0.495 e. The van der Waals surface area contributed by atoms with E-state index in [1.807, 2.05) is 12.1 Å². The van der Waals surface area contributed by atoms with Gasteiger partial charge in [-0.1, -0.05) is 12.1 Å². The fourth-order valence-corrected chi connectivity index (χ4v) is 3.19. The van der Waals surface area contributed by atoms with Gasteiger partial charge in [-0.15, -0.1) is 0 Å². The molecule has 8 heteroatoms. The van der Waals surface area contributed by atoms with E-state index in [0.29, 0.717) is 37.4 Å². The highest BCUT2D eigenvalue weighted by Crippen LogP contribution is 2.26. The third-order valence-corrected chi connectivity index (χ3v) is 4.74. The molecule has 2 heterocycles. The Hall–Kier alpha value is -3.42. The summed E-state index contributed by atoms with van der Waals surface area (Å²) in [6.07, 6.45) is 2.37. The van der Waals surface area contributed by atoms with Crippen LogP contribution in [0.5, 0.6) is 5.75 Å². The first-order chi connectivity index (χ1) is 13.5. The van der Waals surface area contributed by atoms with E-state index in [9.17, 15) is 14.4 Å². The number of hydrogen-bond acceptors (Lipinski definition) is 5. The zero-order valence-corrected chi connectivity index (χ0v) is 15.4. The van der Waals surface area contributed by atoms with Crippen molar-refractivity contribution in [2.24, 2.45) is 5.92 Å². The Kier molecular flexibility index (Phi) is 5.88. The molecule has 0 saturated carbocycles. The third kappa shape index (κ3) is 4.28. The number of likely N-dealkylation sites (tertiary alicyclic amines) is 1. The van der Waals surface area contributed by atoms with Crippen LogP contribution < -0.4 is 10.1 Å². The first kappa shape index (κ1) is 19.3. The molecule has 0 radical (unpaired) electrons. The number of carbonyl (C=O) groups is 3. The summed E-state index contributed by atoms with van der Waals surface area (Å²) >= 11 is 0. The van der Waals surface area contributed by atoms with E-state index in [2.05, 4.69) is 10.3 Å². The number of carbonyl (C=O) groups excluding carboxylic acids is 2. The van der Waals surface area contributed by atoms with Gasteiger partial charge in [0.1, 0.15) is 11.4 Å². The molecule has 2 N–H and O–H groups in total. The normalized spacial score (nSPS) is 14.4. The summed E-state index contributed by atoms with van der Waals surface area (Å²) in [7, 11) is 1.55. The highest BCUT2D eigenvalue weighted by molar-refractivity contribution is 5.97. The van der Waals surface area contributed by atoms with Crippen LogP contribution in [-0.2, 0) is 4.79 Å². The minimum atomic E-state index is -1.18. The molecule has 0 unspecified atom stereocenters. The zero-order valence-electron chi connectivity index (χ0n) is 15.4. The fourth-order valence-electron chi connectivity index (χ4n) is 3.19. The van der Waals surface area contributed by atoms with Crippen molar-refractivity contribution in [2.75, 3.05) is 25.5 Å². The molecule has 146 valence electrons. The number of aromatic nitrogens is 1. The maximum Gasteiger partial charge on any atom is 0.354 e. The summed E-state index contributed by atoms with van der Waals surface area (Å²) in [5.41, 5.74) is 0.729. The molecule has 2 aromatic rings. The standard InChI is InChI=1S/C20H21N3O5/c1-28-17-5-3-2-4-15(17)22-18(24)13-7-10-23(11-8-13)19(25)14-6-9-21-16(12-14)20(26)27/h2-6,9,12-13H,7-8,10-11H2,1H3,(H,22,24)(H,26,27). The number of amides is 2. The summed E-state index contributed by atoms with van der Waals surface area (Å²) < 4.78 is 5.24. The van der Waals surface area contributed by atoms with Crippen molar-refractivity contribution in [3.05, 3.63) is 53.9 Å². The van der Waals surface area contributed by atoms with Gasteiger partial charge in [-0.25, -0.2) is 9.78 Å². The lowest BCUT2D eigenvalue weighted by molar-refractivity contribution is -0.121. The Morgan fingerprint density at radius 3 is 2.57 bits per heavy atom. The number of carboxylic acids is 1. The SMILES string of the molecule is COc1ccccc1NC(=O)C1CCN(C(=O)c2ccnc(C(=O)O)c2)CC1. The largest absolute Gasteiger partial charge is 0.495 e. The zero-order chi connectivity index (χ0) is 20.1. The van der Waals surface area contributed by atoms with Crippen LogP contribution in [0.1, 0.15) is 33.7 Å². The summed E-state index contributed by atoms with van der Waals surface area (Å²) in [5, 5.41) is 11.9. The Bertz CT molecular complexity index is 891. The van der Waals surface area contributed by atoms with Crippen molar-refractivity contribution in [1.82, 2.24) is 9.88 Å². The maximum atomic E-state index is 12.6. The number of ether oxygens (including phenoxy) is 1. The second-order valence-corrected chi connectivity index (χ2v) is 6.49. The Morgan fingerprint density at radius 1 is 1.18 bits per heavy atom. The third-order valence-electron chi connectivity index (χ3n) is 4.74. The van der Waals surface area contributed by atoms with Crippen molar-refractivity contribution in [1.29, 1.82) is 0 Å². The highest BCUT2D eigenvalue weighted by atomic mass is 16.5. The molecular weight excluding hydrogens is 362 g/mol. The highest BCUT2D eigenvalue weighted by Gasteiger charge is 2.28. The molecule has 0 spiro atoms. The number of carboxylic acid groups (broad SMARTS) is 1. The van der Waals surface area contributed by atoms with Gasteiger partial charge in [-0.3, -0.25) is 9.59 Å². The first-order valence-corrected chi connectivity index (χ1v) is 8.92. The van der Waals surface area contributed by atoms with Gasteiger partial charge in [0.2, 0.25) is 5.91 Å². The van der Waals surface area contributed by atoms with Crippen molar-refractivity contribution in [3.8, 4) is 5.75 Å². The molecule has 1 aromatic carbocycles. The second kappa shape index (κ2) is 8.51. The predicted octanol–water partition coefficient (Wildman–Crippen LogP) is 2.28. The van der Waals surface area contributed by atoms with Gasteiger partial charge in [0, 0.05) is 30.8 Å². The lowest BCUT2D eigenvalue weighted by atomic mass is 9.95. The molecule has 0 atom stereocenters. The number of pyridine rings is 1. The number of nitrogens with one attached hydrogen (secondary N) is 1. The number of aromatic carboxylic acids is 1. The van der Waals surface area contributed by atoms with Gasteiger partial charge in [0.05, 0.1) is 12.8 Å². The molecule has 8 nitrogen and oxygen atoms in total. The van der Waals surface area contributed by atoms with E-state index in [1.165, 1.54) is 18.3 Å². The molecule has 0 bridgehead atoms. The van der Waals surface area contributed by atoms with Gasteiger partial charge in [-0.05, 0) is 37.1 Å². The monoisotopic (exact) mass is 383 g/mol. The van der Waals surface area contributed by atoms with Gasteiger partial charge < -0.3 is 20.1 Å². The van der Waals surface area contributed by atoms with E-state index in [1.54, 1.807) is 24.1 Å². The first-order valence-electron chi connectivity index (χ1n) is 8.92. The van der Waals surface area contributed by atoms with Crippen LogP contribution in [0.2, 0.25) is 0 Å². The molecule has 1 aliphatic heterocycles.